The molecule has 0 aliphatic rings. The van der Waals surface area contributed by atoms with Crippen molar-refractivity contribution < 1.29 is 19.0 Å². The molecule has 0 atom stereocenters. The number of methoxy groups -OCH3 is 2. The number of hydrogen-bond acceptors (Lipinski definition) is 4. The number of hydrogen-bond donors (Lipinski definition) is 1. The van der Waals surface area contributed by atoms with Crippen LogP contribution in [0.2, 0.25) is 0 Å². The van der Waals surface area contributed by atoms with Crippen molar-refractivity contribution in [2.24, 2.45) is 0 Å². The summed E-state index contributed by atoms with van der Waals surface area (Å²) < 4.78 is 15.1. The van der Waals surface area contributed by atoms with E-state index in [-0.39, 0.29) is 5.88 Å². The van der Waals surface area contributed by atoms with Crippen LogP contribution >= 0.6 is 0 Å². The van der Waals surface area contributed by atoms with Crippen molar-refractivity contribution >= 4 is 17.1 Å². The lowest BCUT2D eigenvalue weighted by Crippen LogP contribution is -2.08. The monoisotopic (exact) mass is 297 g/mol. The highest BCUT2D eigenvalue weighted by Crippen LogP contribution is 2.41. The van der Waals surface area contributed by atoms with Crippen LogP contribution in [0.15, 0.2) is 48.5 Å². The van der Waals surface area contributed by atoms with Crippen LogP contribution in [0.4, 0.5) is 4.79 Å². The van der Waals surface area contributed by atoms with Crippen LogP contribution in [0, 0.1) is 0 Å². The van der Waals surface area contributed by atoms with Crippen molar-refractivity contribution in [2.75, 3.05) is 14.2 Å². The molecule has 5 heteroatoms. The number of carbonyl (C=O) groups excluding carboxylic acids is 1. The average molecular weight is 297 g/mol. The SMILES string of the molecule is COC(=O)Oc1[nH]c2cccc(-c3ccccc3)c2c1OC. The van der Waals surface area contributed by atoms with E-state index in [0.717, 1.165) is 22.0 Å². The Kier molecular flexibility index (Phi) is 3.70. The summed E-state index contributed by atoms with van der Waals surface area (Å²) >= 11 is 0. The molecule has 22 heavy (non-hydrogen) atoms. The van der Waals surface area contributed by atoms with Gasteiger partial charge in [0.05, 0.1) is 25.1 Å². The summed E-state index contributed by atoms with van der Waals surface area (Å²) in [6, 6.07) is 15.8. The van der Waals surface area contributed by atoms with Crippen LogP contribution in [-0.4, -0.2) is 25.4 Å². The standard InChI is InChI=1S/C17H15NO4/c1-20-15-14-12(11-7-4-3-5-8-11)9-6-10-13(14)18-16(15)22-17(19)21-2/h3-10,18H,1-2H3. The molecule has 1 N–H and O–H groups in total. The topological polar surface area (TPSA) is 60.5 Å². The molecule has 0 saturated carbocycles. The quantitative estimate of drug-likeness (QED) is 0.743. The number of nitrogens with one attached hydrogen (secondary N) is 1. The van der Waals surface area contributed by atoms with E-state index in [0.29, 0.717) is 5.75 Å². The van der Waals surface area contributed by atoms with Gasteiger partial charge in [-0.2, -0.15) is 0 Å². The second kappa shape index (κ2) is 5.81. The Bertz CT molecular complexity index is 808. The zero-order valence-corrected chi connectivity index (χ0v) is 12.3. The van der Waals surface area contributed by atoms with Crippen LogP contribution in [0.3, 0.4) is 0 Å². The molecule has 0 radical (unpaired) electrons. The molecule has 0 fully saturated rings. The van der Waals surface area contributed by atoms with E-state index in [1.54, 1.807) is 0 Å². The zero-order valence-electron chi connectivity index (χ0n) is 12.3. The first-order valence-electron chi connectivity index (χ1n) is 6.74. The van der Waals surface area contributed by atoms with Crippen molar-refractivity contribution in [3.63, 3.8) is 0 Å². The summed E-state index contributed by atoms with van der Waals surface area (Å²) in [5, 5.41) is 0.857. The van der Waals surface area contributed by atoms with Crippen molar-refractivity contribution in [3.8, 4) is 22.8 Å². The van der Waals surface area contributed by atoms with Gasteiger partial charge in [-0.3, -0.25) is 0 Å². The Hall–Kier alpha value is -2.95. The maximum atomic E-state index is 11.4. The van der Waals surface area contributed by atoms with Crippen LogP contribution in [0.1, 0.15) is 0 Å². The molecule has 2 aromatic carbocycles. The van der Waals surface area contributed by atoms with E-state index >= 15 is 0 Å². The fourth-order valence-corrected chi connectivity index (χ4v) is 2.44. The van der Waals surface area contributed by atoms with Gasteiger partial charge in [-0.1, -0.05) is 42.5 Å². The smallest absolute Gasteiger partial charge is 0.491 e. The Labute approximate surface area is 127 Å². The number of H-pyrrole nitrogens is 1. The lowest BCUT2D eigenvalue weighted by Gasteiger charge is -2.06. The van der Waals surface area contributed by atoms with Crippen LogP contribution < -0.4 is 9.47 Å². The first-order valence-corrected chi connectivity index (χ1v) is 6.74. The Morgan fingerprint density at radius 1 is 1.00 bits per heavy atom. The minimum Gasteiger partial charge on any atom is -0.491 e. The number of benzene rings is 2. The van der Waals surface area contributed by atoms with E-state index in [1.807, 2.05) is 48.5 Å². The second-order valence-electron chi connectivity index (χ2n) is 4.64. The third kappa shape index (κ3) is 2.37. The molecule has 3 rings (SSSR count). The third-order valence-corrected chi connectivity index (χ3v) is 3.39. The largest absolute Gasteiger partial charge is 0.514 e. The zero-order chi connectivity index (χ0) is 15.5. The normalized spacial score (nSPS) is 10.5. The molecule has 0 saturated heterocycles. The molecule has 0 aliphatic heterocycles. The van der Waals surface area contributed by atoms with Crippen molar-refractivity contribution in [3.05, 3.63) is 48.5 Å². The molecular formula is C17H15NO4. The average Bonchev–Trinajstić information content (AvgIpc) is 2.92. The van der Waals surface area contributed by atoms with Crippen LogP contribution in [-0.2, 0) is 4.74 Å². The van der Waals surface area contributed by atoms with Gasteiger partial charge in [-0.25, -0.2) is 4.79 Å². The van der Waals surface area contributed by atoms with Crippen molar-refractivity contribution in [1.82, 2.24) is 4.98 Å². The molecule has 0 amide bonds. The van der Waals surface area contributed by atoms with Crippen LogP contribution in [0.5, 0.6) is 11.6 Å². The first kappa shape index (κ1) is 14.0. The molecular weight excluding hydrogens is 282 g/mol. The lowest BCUT2D eigenvalue weighted by atomic mass is 10.0. The van der Waals surface area contributed by atoms with Crippen molar-refractivity contribution in [1.29, 1.82) is 0 Å². The van der Waals surface area contributed by atoms with Gasteiger partial charge in [-0.15, -0.1) is 0 Å². The molecule has 1 heterocycles. The Balaban J connectivity index is 2.21. The predicted octanol–water partition coefficient (Wildman–Crippen LogP) is 3.99. The third-order valence-electron chi connectivity index (χ3n) is 3.39. The number of aromatic nitrogens is 1. The van der Waals surface area contributed by atoms with Gasteiger partial charge in [0.2, 0.25) is 5.88 Å². The van der Waals surface area contributed by atoms with Gasteiger partial charge < -0.3 is 19.2 Å². The summed E-state index contributed by atoms with van der Waals surface area (Å²) in [7, 11) is 2.79. The number of ether oxygens (including phenoxy) is 3. The van der Waals surface area contributed by atoms with E-state index in [1.165, 1.54) is 14.2 Å². The first-order chi connectivity index (χ1) is 10.7. The highest BCUT2D eigenvalue weighted by atomic mass is 16.7. The Morgan fingerprint density at radius 2 is 1.77 bits per heavy atom. The highest BCUT2D eigenvalue weighted by Gasteiger charge is 2.19. The molecule has 0 aliphatic carbocycles. The van der Waals surface area contributed by atoms with Gasteiger partial charge in [0.1, 0.15) is 0 Å². The summed E-state index contributed by atoms with van der Waals surface area (Å²) in [6.45, 7) is 0. The van der Waals surface area contributed by atoms with E-state index in [9.17, 15) is 4.79 Å². The van der Waals surface area contributed by atoms with E-state index in [4.69, 9.17) is 9.47 Å². The van der Waals surface area contributed by atoms with Gasteiger partial charge >= 0.3 is 6.16 Å². The number of carbonyl (C=O) groups is 1. The fraction of sp³-hybridized carbons (Fsp3) is 0.118. The summed E-state index contributed by atoms with van der Waals surface area (Å²) in [6.07, 6.45) is -0.800. The van der Waals surface area contributed by atoms with E-state index in [2.05, 4.69) is 9.72 Å². The molecule has 112 valence electrons. The van der Waals surface area contributed by atoms with Gasteiger partial charge in [0, 0.05) is 0 Å². The van der Waals surface area contributed by atoms with Crippen molar-refractivity contribution in [2.45, 2.75) is 0 Å². The van der Waals surface area contributed by atoms with Gasteiger partial charge in [0.15, 0.2) is 5.75 Å². The molecule has 0 unspecified atom stereocenters. The maximum Gasteiger partial charge on any atom is 0.514 e. The van der Waals surface area contributed by atoms with Crippen LogP contribution in [0.25, 0.3) is 22.0 Å². The number of fused-ring (bicyclic) bond motifs is 1. The molecule has 1 aromatic heterocycles. The number of rotatable bonds is 3. The van der Waals surface area contributed by atoms with Gasteiger partial charge in [-0.05, 0) is 17.2 Å². The molecule has 3 aromatic rings. The van der Waals surface area contributed by atoms with Gasteiger partial charge in [0.25, 0.3) is 0 Å². The maximum absolute atomic E-state index is 11.4. The summed E-state index contributed by atoms with van der Waals surface area (Å²) in [5.74, 6) is 0.701. The summed E-state index contributed by atoms with van der Waals surface area (Å²) in [4.78, 5) is 14.4. The Morgan fingerprint density at radius 3 is 2.45 bits per heavy atom. The molecule has 0 spiro atoms. The second-order valence-corrected chi connectivity index (χ2v) is 4.64. The molecule has 0 bridgehead atoms. The number of aromatic amines is 1. The summed E-state index contributed by atoms with van der Waals surface area (Å²) in [5.41, 5.74) is 2.86. The minimum absolute atomic E-state index is 0.229. The molecule has 5 nitrogen and oxygen atoms in total. The highest BCUT2D eigenvalue weighted by molar-refractivity contribution is 6.01. The van der Waals surface area contributed by atoms with E-state index < -0.39 is 6.16 Å². The lowest BCUT2D eigenvalue weighted by molar-refractivity contribution is 0.118. The minimum atomic E-state index is -0.800. The fourth-order valence-electron chi connectivity index (χ4n) is 2.44. The predicted molar refractivity (Wildman–Crippen MR) is 83.3 cm³/mol.